The van der Waals surface area contributed by atoms with Crippen LogP contribution in [0.1, 0.15) is 24.0 Å². The summed E-state index contributed by atoms with van der Waals surface area (Å²) in [6, 6.07) is 13.5. The van der Waals surface area contributed by atoms with E-state index >= 15 is 0 Å². The number of carbonyl (C=O) groups is 2. The molecule has 0 aliphatic carbocycles. The van der Waals surface area contributed by atoms with Gasteiger partial charge in [0, 0.05) is 31.7 Å². The van der Waals surface area contributed by atoms with Crippen molar-refractivity contribution in [1.29, 1.82) is 0 Å². The van der Waals surface area contributed by atoms with Gasteiger partial charge in [-0.25, -0.2) is 4.39 Å². The van der Waals surface area contributed by atoms with Crippen molar-refractivity contribution in [3.8, 4) is 0 Å². The van der Waals surface area contributed by atoms with Crippen molar-refractivity contribution >= 4 is 17.6 Å². The van der Waals surface area contributed by atoms with E-state index in [4.69, 9.17) is 14.6 Å². The first kappa shape index (κ1) is 20.0. The summed E-state index contributed by atoms with van der Waals surface area (Å²) in [5.74, 6) is -2.16. The number of ether oxygens (including phenoxy) is 2. The van der Waals surface area contributed by atoms with Gasteiger partial charge >= 0.3 is 5.97 Å². The number of halogens is 1. The molecule has 0 saturated carbocycles. The number of rotatable bonds is 7. The lowest BCUT2D eigenvalue weighted by atomic mass is 9.92. The highest BCUT2D eigenvalue weighted by molar-refractivity contribution is 5.97. The Morgan fingerprint density at radius 2 is 1.86 bits per heavy atom. The molecule has 1 amide bonds. The normalized spacial score (nSPS) is 15.8. The van der Waals surface area contributed by atoms with Gasteiger partial charge in [0.1, 0.15) is 5.82 Å². The zero-order valence-electron chi connectivity index (χ0n) is 15.3. The molecule has 0 atom stereocenters. The number of carbonyl (C=O) groups excluding carboxylic acids is 1. The van der Waals surface area contributed by atoms with Crippen LogP contribution in [0.25, 0.3) is 0 Å². The summed E-state index contributed by atoms with van der Waals surface area (Å²) < 4.78 is 25.5. The van der Waals surface area contributed by atoms with Crippen LogP contribution in [0.4, 0.5) is 10.1 Å². The molecule has 7 heteroatoms. The minimum absolute atomic E-state index is 0.0617. The van der Waals surface area contributed by atoms with Gasteiger partial charge in [-0.2, -0.15) is 0 Å². The molecule has 0 unspecified atom stereocenters. The summed E-state index contributed by atoms with van der Waals surface area (Å²) in [7, 11) is 0. The van der Waals surface area contributed by atoms with Gasteiger partial charge in [0.15, 0.2) is 5.60 Å². The predicted octanol–water partition coefficient (Wildman–Crippen LogP) is 3.16. The molecule has 28 heavy (non-hydrogen) atoms. The molecule has 1 fully saturated rings. The minimum atomic E-state index is -1.12. The van der Waals surface area contributed by atoms with Crippen LogP contribution in [-0.4, -0.2) is 35.8 Å². The Morgan fingerprint density at radius 1 is 1.14 bits per heavy atom. The van der Waals surface area contributed by atoms with E-state index in [2.05, 4.69) is 5.32 Å². The average molecular weight is 387 g/mol. The Hall–Kier alpha value is -2.77. The zero-order chi connectivity index (χ0) is 20.0. The maximum absolute atomic E-state index is 14.1. The van der Waals surface area contributed by atoms with Gasteiger partial charge in [-0.15, -0.1) is 0 Å². The first-order valence-electron chi connectivity index (χ1n) is 9.06. The predicted molar refractivity (Wildman–Crippen MR) is 100 cm³/mol. The Bertz CT molecular complexity index is 834. The third kappa shape index (κ3) is 4.94. The van der Waals surface area contributed by atoms with Crippen LogP contribution in [0.3, 0.4) is 0 Å². The van der Waals surface area contributed by atoms with E-state index in [1.165, 1.54) is 12.1 Å². The standard InChI is InChI=1S/C21H22FNO5/c22-18-13-17(7-6-16(18)12-19(24)25)23-20(26)21(8-10-27-11-9-21)28-14-15-4-2-1-3-5-15/h1-7,13H,8-12,14H2,(H,23,26)(H,24,25). The van der Waals surface area contributed by atoms with E-state index in [1.54, 1.807) is 0 Å². The molecule has 0 radical (unpaired) electrons. The molecule has 6 nitrogen and oxygen atoms in total. The number of hydrogen-bond acceptors (Lipinski definition) is 4. The van der Waals surface area contributed by atoms with Gasteiger partial charge in [-0.05, 0) is 23.3 Å². The van der Waals surface area contributed by atoms with E-state index in [-0.39, 0.29) is 23.8 Å². The smallest absolute Gasteiger partial charge is 0.307 e. The molecule has 0 spiro atoms. The van der Waals surface area contributed by atoms with E-state index < -0.39 is 23.8 Å². The lowest BCUT2D eigenvalue weighted by Gasteiger charge is -2.35. The highest BCUT2D eigenvalue weighted by Gasteiger charge is 2.41. The van der Waals surface area contributed by atoms with Crippen LogP contribution in [0, 0.1) is 5.82 Å². The largest absolute Gasteiger partial charge is 0.481 e. The fourth-order valence-corrected chi connectivity index (χ4v) is 3.11. The van der Waals surface area contributed by atoms with Crippen molar-refractivity contribution < 1.29 is 28.6 Å². The molecular weight excluding hydrogens is 365 g/mol. The van der Waals surface area contributed by atoms with Crippen LogP contribution in [0.5, 0.6) is 0 Å². The van der Waals surface area contributed by atoms with E-state index in [0.29, 0.717) is 26.1 Å². The zero-order valence-corrected chi connectivity index (χ0v) is 15.3. The SMILES string of the molecule is O=C(O)Cc1ccc(NC(=O)C2(OCc3ccccc3)CCOCC2)cc1F. The maximum Gasteiger partial charge on any atom is 0.307 e. The van der Waals surface area contributed by atoms with Crippen LogP contribution in [0.15, 0.2) is 48.5 Å². The molecule has 1 aliphatic rings. The summed E-state index contributed by atoms with van der Waals surface area (Å²) in [4.78, 5) is 23.7. The Morgan fingerprint density at radius 3 is 2.50 bits per heavy atom. The lowest BCUT2D eigenvalue weighted by molar-refractivity contribution is -0.158. The molecule has 0 bridgehead atoms. The van der Waals surface area contributed by atoms with E-state index in [1.807, 2.05) is 30.3 Å². The molecule has 1 heterocycles. The molecule has 2 aromatic rings. The van der Waals surface area contributed by atoms with Crippen molar-refractivity contribution in [2.24, 2.45) is 0 Å². The molecule has 2 aromatic carbocycles. The third-order valence-corrected chi connectivity index (χ3v) is 4.72. The highest BCUT2D eigenvalue weighted by Crippen LogP contribution is 2.29. The molecule has 1 aliphatic heterocycles. The fraction of sp³-hybridized carbons (Fsp3) is 0.333. The number of carboxylic acids is 1. The van der Waals surface area contributed by atoms with Crippen molar-refractivity contribution in [2.75, 3.05) is 18.5 Å². The van der Waals surface area contributed by atoms with Gasteiger partial charge in [-0.1, -0.05) is 36.4 Å². The van der Waals surface area contributed by atoms with E-state index in [9.17, 15) is 14.0 Å². The Balaban J connectivity index is 1.72. The monoisotopic (exact) mass is 387 g/mol. The number of nitrogens with one attached hydrogen (secondary N) is 1. The number of anilines is 1. The molecule has 3 rings (SSSR count). The summed E-state index contributed by atoms with van der Waals surface area (Å²) >= 11 is 0. The second kappa shape index (κ2) is 8.95. The Labute approximate surface area is 162 Å². The van der Waals surface area contributed by atoms with Crippen molar-refractivity contribution in [1.82, 2.24) is 0 Å². The molecule has 0 aromatic heterocycles. The van der Waals surface area contributed by atoms with Crippen LogP contribution >= 0.6 is 0 Å². The van der Waals surface area contributed by atoms with Gasteiger partial charge in [0.25, 0.3) is 5.91 Å². The number of aliphatic carboxylic acids is 1. The van der Waals surface area contributed by atoms with Gasteiger partial charge in [-0.3, -0.25) is 9.59 Å². The minimum Gasteiger partial charge on any atom is -0.481 e. The summed E-state index contributed by atoms with van der Waals surface area (Å²) in [6.45, 7) is 1.07. The number of amides is 1. The van der Waals surface area contributed by atoms with Gasteiger partial charge < -0.3 is 19.9 Å². The first-order valence-corrected chi connectivity index (χ1v) is 9.06. The lowest BCUT2D eigenvalue weighted by Crippen LogP contribution is -2.49. The highest BCUT2D eigenvalue weighted by atomic mass is 19.1. The number of carboxylic acid groups (broad SMARTS) is 1. The van der Waals surface area contributed by atoms with Crippen LogP contribution < -0.4 is 5.32 Å². The fourth-order valence-electron chi connectivity index (χ4n) is 3.11. The third-order valence-electron chi connectivity index (χ3n) is 4.72. The van der Waals surface area contributed by atoms with Crippen molar-refractivity contribution in [3.05, 3.63) is 65.5 Å². The van der Waals surface area contributed by atoms with Gasteiger partial charge in [0.05, 0.1) is 13.0 Å². The van der Waals surface area contributed by atoms with Crippen molar-refractivity contribution in [3.63, 3.8) is 0 Å². The first-order chi connectivity index (χ1) is 13.5. The molecule has 2 N–H and O–H groups in total. The molecule has 148 valence electrons. The molecular formula is C21H22FNO5. The topological polar surface area (TPSA) is 84.9 Å². The number of hydrogen-bond donors (Lipinski definition) is 2. The number of benzene rings is 2. The second-order valence-corrected chi connectivity index (χ2v) is 6.71. The van der Waals surface area contributed by atoms with Crippen molar-refractivity contribution in [2.45, 2.75) is 31.5 Å². The quantitative estimate of drug-likeness (QED) is 0.762. The maximum atomic E-state index is 14.1. The van der Waals surface area contributed by atoms with Crippen LogP contribution in [-0.2, 0) is 32.1 Å². The second-order valence-electron chi connectivity index (χ2n) is 6.71. The van der Waals surface area contributed by atoms with Gasteiger partial charge in [0.2, 0.25) is 0 Å². The van der Waals surface area contributed by atoms with E-state index in [0.717, 1.165) is 11.6 Å². The summed E-state index contributed by atoms with van der Waals surface area (Å²) in [5, 5.41) is 11.5. The van der Waals surface area contributed by atoms with Crippen LogP contribution in [0.2, 0.25) is 0 Å². The summed E-state index contributed by atoms with van der Waals surface area (Å²) in [6.07, 6.45) is 0.373. The molecule has 1 saturated heterocycles. The summed E-state index contributed by atoms with van der Waals surface area (Å²) in [5.41, 5.74) is 0.201. The average Bonchev–Trinajstić information content (AvgIpc) is 2.70. The Kier molecular flexibility index (Phi) is 6.38.